The molecule has 4 nitrogen and oxygen atoms in total. The third kappa shape index (κ3) is 4.04. The molecule has 1 atom stereocenters. The van der Waals surface area contributed by atoms with E-state index in [0.717, 1.165) is 24.0 Å². The lowest BCUT2D eigenvalue weighted by atomic mass is 10.3. The van der Waals surface area contributed by atoms with Gasteiger partial charge < -0.3 is 10.2 Å². The number of carbonyl (C=O) groups excluding carboxylic acids is 1. The average molecular weight is 243 g/mol. The summed E-state index contributed by atoms with van der Waals surface area (Å²) in [6.45, 7) is 8.31. The van der Waals surface area contributed by atoms with Gasteiger partial charge in [-0.05, 0) is 20.8 Å². The van der Waals surface area contributed by atoms with Gasteiger partial charge in [0.05, 0.1) is 6.54 Å². The van der Waals surface area contributed by atoms with E-state index in [4.69, 9.17) is 0 Å². The van der Waals surface area contributed by atoms with Crippen molar-refractivity contribution >= 4 is 22.8 Å². The number of aliphatic imine (C=N–C) groups is 1. The van der Waals surface area contributed by atoms with E-state index in [0.29, 0.717) is 19.0 Å². The maximum Gasteiger partial charge on any atom is 0.224 e. The molecule has 0 aromatic heterocycles. The summed E-state index contributed by atoms with van der Waals surface area (Å²) in [7, 11) is 0. The van der Waals surface area contributed by atoms with E-state index in [-0.39, 0.29) is 5.91 Å². The highest BCUT2D eigenvalue weighted by Crippen LogP contribution is 2.12. The predicted molar refractivity (Wildman–Crippen MR) is 69.9 cm³/mol. The Balaban J connectivity index is 2.27. The highest BCUT2D eigenvalue weighted by molar-refractivity contribution is 8.14. The molecule has 1 fully saturated rings. The molecular formula is C11H21N3OS. The first-order chi connectivity index (χ1) is 7.67. The first-order valence-electron chi connectivity index (χ1n) is 5.88. The van der Waals surface area contributed by atoms with E-state index < -0.39 is 0 Å². The van der Waals surface area contributed by atoms with Gasteiger partial charge in [-0.25, -0.2) is 0 Å². The molecule has 0 aromatic carbocycles. The summed E-state index contributed by atoms with van der Waals surface area (Å²) in [5.41, 5.74) is 0. The highest BCUT2D eigenvalue weighted by Gasteiger charge is 2.15. The lowest BCUT2D eigenvalue weighted by Gasteiger charge is -2.17. The molecule has 1 rings (SSSR count). The van der Waals surface area contributed by atoms with Gasteiger partial charge in [-0.15, -0.1) is 0 Å². The van der Waals surface area contributed by atoms with Gasteiger partial charge in [0.15, 0.2) is 5.17 Å². The third-order valence-electron chi connectivity index (χ3n) is 2.54. The number of hydrogen-bond acceptors (Lipinski definition) is 3. The van der Waals surface area contributed by atoms with Crippen molar-refractivity contribution in [2.24, 2.45) is 4.99 Å². The number of hydrogen-bond donors (Lipinski definition) is 1. The molecule has 1 unspecified atom stereocenters. The van der Waals surface area contributed by atoms with Crippen LogP contribution in [-0.4, -0.2) is 47.4 Å². The molecule has 0 saturated carbocycles. The molecule has 0 spiro atoms. The molecule has 1 aliphatic rings. The van der Waals surface area contributed by atoms with Crippen LogP contribution in [0, 0.1) is 0 Å². The minimum Gasteiger partial charge on any atom is -0.362 e. The summed E-state index contributed by atoms with van der Waals surface area (Å²) in [5, 5.41) is 4.26. The third-order valence-corrected chi connectivity index (χ3v) is 3.72. The molecular weight excluding hydrogens is 222 g/mol. The molecule has 0 bridgehead atoms. The van der Waals surface area contributed by atoms with Crippen LogP contribution in [0.5, 0.6) is 0 Å². The van der Waals surface area contributed by atoms with Gasteiger partial charge in [-0.3, -0.25) is 9.79 Å². The summed E-state index contributed by atoms with van der Waals surface area (Å²) < 4.78 is 0. The second kappa shape index (κ2) is 6.78. The SMILES string of the molecule is CCN(CC)C(=O)CCN=C1NC(C)CS1. The van der Waals surface area contributed by atoms with Gasteiger partial charge in [0.1, 0.15) is 0 Å². The molecule has 5 heteroatoms. The van der Waals surface area contributed by atoms with Crippen LogP contribution in [-0.2, 0) is 4.79 Å². The molecule has 0 aromatic rings. The van der Waals surface area contributed by atoms with Crippen LogP contribution >= 0.6 is 11.8 Å². The zero-order valence-corrected chi connectivity index (χ0v) is 11.1. The number of nitrogens with zero attached hydrogens (tertiary/aromatic N) is 2. The van der Waals surface area contributed by atoms with Crippen LogP contribution in [0.25, 0.3) is 0 Å². The summed E-state index contributed by atoms with van der Waals surface area (Å²) in [6.07, 6.45) is 0.516. The summed E-state index contributed by atoms with van der Waals surface area (Å²) in [4.78, 5) is 17.9. The number of amides is 1. The van der Waals surface area contributed by atoms with Crippen molar-refractivity contribution in [1.29, 1.82) is 0 Å². The second-order valence-corrected chi connectivity index (χ2v) is 4.87. The van der Waals surface area contributed by atoms with Crippen molar-refractivity contribution in [2.75, 3.05) is 25.4 Å². The highest BCUT2D eigenvalue weighted by atomic mass is 32.2. The maximum absolute atomic E-state index is 11.7. The van der Waals surface area contributed by atoms with Crippen LogP contribution in [0.1, 0.15) is 27.2 Å². The van der Waals surface area contributed by atoms with E-state index in [2.05, 4.69) is 17.2 Å². The van der Waals surface area contributed by atoms with Crippen molar-refractivity contribution in [1.82, 2.24) is 10.2 Å². The van der Waals surface area contributed by atoms with Gasteiger partial charge in [0, 0.05) is 31.3 Å². The van der Waals surface area contributed by atoms with Crippen molar-refractivity contribution < 1.29 is 4.79 Å². The Hall–Kier alpha value is -0.710. The fraction of sp³-hybridized carbons (Fsp3) is 0.818. The molecule has 1 aliphatic heterocycles. The Morgan fingerprint density at radius 3 is 2.75 bits per heavy atom. The lowest BCUT2D eigenvalue weighted by Crippen LogP contribution is -2.31. The molecule has 0 aliphatic carbocycles. The van der Waals surface area contributed by atoms with E-state index in [1.54, 1.807) is 11.8 Å². The standard InChI is InChI=1S/C11H21N3OS/c1-4-14(5-2)10(15)6-7-12-11-13-9(3)8-16-11/h9H,4-8H2,1-3H3,(H,12,13). The van der Waals surface area contributed by atoms with Gasteiger partial charge in [-0.2, -0.15) is 0 Å². The fourth-order valence-corrected chi connectivity index (χ4v) is 2.54. The predicted octanol–water partition coefficient (Wildman–Crippen LogP) is 1.33. The first kappa shape index (κ1) is 13.4. The van der Waals surface area contributed by atoms with Crippen LogP contribution in [0.3, 0.4) is 0 Å². The fourth-order valence-electron chi connectivity index (χ4n) is 1.58. The molecule has 16 heavy (non-hydrogen) atoms. The molecule has 1 heterocycles. The summed E-state index contributed by atoms with van der Waals surface area (Å²) >= 11 is 1.74. The minimum atomic E-state index is 0.199. The minimum absolute atomic E-state index is 0.199. The van der Waals surface area contributed by atoms with Crippen molar-refractivity contribution in [3.05, 3.63) is 0 Å². The number of thioether (sulfide) groups is 1. The zero-order chi connectivity index (χ0) is 12.0. The number of nitrogens with one attached hydrogen (secondary N) is 1. The van der Waals surface area contributed by atoms with Gasteiger partial charge >= 0.3 is 0 Å². The Morgan fingerprint density at radius 1 is 1.56 bits per heavy atom. The van der Waals surface area contributed by atoms with Crippen LogP contribution in [0.2, 0.25) is 0 Å². The number of rotatable bonds is 5. The van der Waals surface area contributed by atoms with Crippen molar-refractivity contribution in [2.45, 2.75) is 33.2 Å². The van der Waals surface area contributed by atoms with E-state index >= 15 is 0 Å². The molecule has 1 amide bonds. The Morgan fingerprint density at radius 2 is 2.25 bits per heavy atom. The Bertz CT molecular complexity index is 264. The molecule has 92 valence electrons. The number of amidine groups is 1. The van der Waals surface area contributed by atoms with Gasteiger partial charge in [0.2, 0.25) is 5.91 Å². The topological polar surface area (TPSA) is 44.7 Å². The largest absolute Gasteiger partial charge is 0.362 e. The Kier molecular flexibility index (Phi) is 5.66. The van der Waals surface area contributed by atoms with E-state index in [1.165, 1.54) is 0 Å². The van der Waals surface area contributed by atoms with Crippen LogP contribution in [0.15, 0.2) is 4.99 Å². The zero-order valence-electron chi connectivity index (χ0n) is 10.3. The smallest absolute Gasteiger partial charge is 0.224 e. The Labute approximate surface area is 102 Å². The number of carbonyl (C=O) groups is 1. The van der Waals surface area contributed by atoms with E-state index in [9.17, 15) is 4.79 Å². The monoisotopic (exact) mass is 243 g/mol. The van der Waals surface area contributed by atoms with Crippen molar-refractivity contribution in [3.8, 4) is 0 Å². The van der Waals surface area contributed by atoms with Crippen molar-refractivity contribution in [3.63, 3.8) is 0 Å². The molecule has 1 saturated heterocycles. The van der Waals surface area contributed by atoms with E-state index in [1.807, 2.05) is 18.7 Å². The second-order valence-electron chi connectivity index (χ2n) is 3.86. The molecule has 0 radical (unpaired) electrons. The normalized spacial score (nSPS) is 22.2. The quantitative estimate of drug-likeness (QED) is 0.792. The summed E-state index contributed by atoms with van der Waals surface area (Å²) in [6, 6.07) is 0.502. The summed E-state index contributed by atoms with van der Waals surface area (Å²) in [5.74, 6) is 1.27. The van der Waals surface area contributed by atoms with Crippen LogP contribution in [0.4, 0.5) is 0 Å². The lowest BCUT2D eigenvalue weighted by molar-refractivity contribution is -0.130. The first-order valence-corrected chi connectivity index (χ1v) is 6.87. The molecule has 1 N–H and O–H groups in total. The maximum atomic E-state index is 11.7. The van der Waals surface area contributed by atoms with Gasteiger partial charge in [-0.1, -0.05) is 11.8 Å². The van der Waals surface area contributed by atoms with Gasteiger partial charge in [0.25, 0.3) is 0 Å². The van der Waals surface area contributed by atoms with Crippen LogP contribution < -0.4 is 5.32 Å². The average Bonchev–Trinajstić information content (AvgIpc) is 2.66.